The Morgan fingerprint density at radius 3 is 1.94 bits per heavy atom. The topological polar surface area (TPSA) is 87.0 Å². The number of ether oxygens (including phenoxy) is 5. The maximum atomic E-state index is 12.3. The first-order valence-corrected chi connectivity index (χ1v) is 19.3. The fraction of sp³-hybridized carbons (Fsp3) is 0.680. The van der Waals surface area contributed by atoms with Crippen molar-refractivity contribution in [3.63, 3.8) is 0 Å². The summed E-state index contributed by atoms with van der Waals surface area (Å²) in [5.74, 6) is 0.481. The predicted molar refractivity (Wildman–Crippen MR) is 140 cm³/mol. The van der Waals surface area contributed by atoms with Gasteiger partial charge in [-0.25, -0.2) is 0 Å². The summed E-state index contributed by atoms with van der Waals surface area (Å²) in [4.78, 5) is 12.3. The number of carbonyl (C=O) groups excluding carboxylic acids is 1. The highest BCUT2D eigenvalue weighted by Gasteiger charge is 2.35. The molecule has 0 spiro atoms. The van der Waals surface area contributed by atoms with Crippen LogP contribution >= 0.6 is 0 Å². The second kappa shape index (κ2) is 13.9. The van der Waals surface area contributed by atoms with Gasteiger partial charge in [-0.1, -0.05) is 45.3 Å². The minimum absolute atomic E-state index is 0.0914. The lowest BCUT2D eigenvalue weighted by atomic mass is 9.85. The molecule has 0 aliphatic carbocycles. The fourth-order valence-electron chi connectivity index (χ4n) is 2.84. The van der Waals surface area contributed by atoms with Crippen molar-refractivity contribution in [3.8, 4) is 17.6 Å². The molecule has 1 aromatic rings. The Balaban J connectivity index is 2.88. The first kappa shape index (κ1) is 30.2. The maximum Gasteiger partial charge on any atom is 0.326 e. The van der Waals surface area contributed by atoms with Gasteiger partial charge in [0, 0.05) is 35.8 Å². The van der Waals surface area contributed by atoms with Crippen LogP contribution in [0.5, 0.6) is 11.5 Å². The molecule has 0 amide bonds. The predicted octanol–water partition coefficient (Wildman–Crippen LogP) is 5.70. The number of carbonyl (C=O) groups is 1. The zero-order valence-corrected chi connectivity index (χ0v) is 24.3. The van der Waals surface area contributed by atoms with E-state index in [1.54, 1.807) is 26.0 Å². The molecule has 0 aliphatic heterocycles. The van der Waals surface area contributed by atoms with Gasteiger partial charge < -0.3 is 23.7 Å². The second-order valence-corrected chi connectivity index (χ2v) is 22.3. The van der Waals surface area contributed by atoms with Crippen LogP contribution in [-0.4, -0.2) is 55.5 Å². The van der Waals surface area contributed by atoms with Crippen molar-refractivity contribution in [3.05, 3.63) is 23.8 Å². The molecule has 9 heteroatoms. The van der Waals surface area contributed by atoms with Crippen LogP contribution in [0.15, 0.2) is 18.2 Å². The lowest BCUT2D eigenvalue weighted by Crippen LogP contribution is -2.30. The van der Waals surface area contributed by atoms with Gasteiger partial charge in [0.25, 0.3) is 0 Å². The number of nitriles is 1. The Kier molecular flexibility index (Phi) is 12.3. The van der Waals surface area contributed by atoms with E-state index in [1.807, 2.05) is 6.07 Å². The number of rotatable bonds is 16. The molecule has 0 heterocycles. The van der Waals surface area contributed by atoms with Gasteiger partial charge in [-0.2, -0.15) is 5.26 Å². The SMILES string of the molecule is CCOC(=O)C(C)(C#N)Cc1ccc(OCOCC[Si](C)(C)C)c(OCOCC[Si](C)(C)C)c1. The van der Waals surface area contributed by atoms with Crippen LogP contribution in [0.25, 0.3) is 0 Å². The lowest BCUT2D eigenvalue weighted by molar-refractivity contribution is -0.151. The molecule has 0 radical (unpaired) electrons. The van der Waals surface area contributed by atoms with Gasteiger partial charge in [0.05, 0.1) is 12.7 Å². The largest absolute Gasteiger partial charge is 0.465 e. The standard InChI is InChI=1S/C25H43NO6Si2/c1-9-30-24(27)25(2,18-26)17-21-10-11-22(31-19-28-12-14-33(3,4)5)23(16-21)32-20-29-13-15-34(6,7)8/h10-11,16H,9,12-15,17,19-20H2,1-8H3. The highest BCUT2D eigenvalue weighted by atomic mass is 28.3. The molecule has 0 aliphatic rings. The monoisotopic (exact) mass is 509 g/mol. The highest BCUT2D eigenvalue weighted by molar-refractivity contribution is 6.76. The van der Waals surface area contributed by atoms with E-state index >= 15 is 0 Å². The maximum absolute atomic E-state index is 12.3. The molecular weight excluding hydrogens is 466 g/mol. The lowest BCUT2D eigenvalue weighted by Gasteiger charge is -2.21. The number of benzene rings is 1. The van der Waals surface area contributed by atoms with Crippen molar-refractivity contribution < 1.29 is 28.5 Å². The third-order valence-electron chi connectivity index (χ3n) is 5.13. The van der Waals surface area contributed by atoms with E-state index < -0.39 is 27.5 Å². The highest BCUT2D eigenvalue weighted by Crippen LogP contribution is 2.32. The number of nitrogens with zero attached hydrogens (tertiary/aromatic N) is 1. The summed E-state index contributed by atoms with van der Waals surface area (Å²) in [6, 6.07) is 9.59. The summed E-state index contributed by atoms with van der Waals surface area (Å²) in [5.41, 5.74) is -0.523. The van der Waals surface area contributed by atoms with Gasteiger partial charge in [0.15, 0.2) is 30.5 Å². The minimum Gasteiger partial charge on any atom is -0.465 e. The van der Waals surface area contributed by atoms with Crippen LogP contribution in [0.1, 0.15) is 19.4 Å². The Bertz CT molecular complexity index is 813. The van der Waals surface area contributed by atoms with Gasteiger partial charge in [0.1, 0.15) is 0 Å². The molecule has 0 aromatic heterocycles. The van der Waals surface area contributed by atoms with Crippen LogP contribution in [0, 0.1) is 16.7 Å². The van der Waals surface area contributed by atoms with Crippen molar-refractivity contribution in [2.45, 2.75) is 71.6 Å². The van der Waals surface area contributed by atoms with Crippen molar-refractivity contribution in [2.24, 2.45) is 5.41 Å². The van der Waals surface area contributed by atoms with Crippen LogP contribution in [0.3, 0.4) is 0 Å². The van der Waals surface area contributed by atoms with E-state index in [4.69, 9.17) is 23.7 Å². The first-order chi connectivity index (χ1) is 15.8. The molecule has 1 rings (SSSR count). The number of hydrogen-bond donors (Lipinski definition) is 0. The quantitative estimate of drug-likeness (QED) is 0.122. The molecule has 0 saturated heterocycles. The summed E-state index contributed by atoms with van der Waals surface area (Å²) in [6.45, 7) is 18.8. The Hall–Kier alpha value is -1.87. The van der Waals surface area contributed by atoms with Gasteiger partial charge >= 0.3 is 5.97 Å². The molecule has 0 fully saturated rings. The van der Waals surface area contributed by atoms with Crippen molar-refractivity contribution >= 4 is 22.1 Å². The first-order valence-electron chi connectivity index (χ1n) is 11.9. The average molecular weight is 510 g/mol. The van der Waals surface area contributed by atoms with E-state index in [-0.39, 0.29) is 26.6 Å². The molecule has 0 saturated carbocycles. The Morgan fingerprint density at radius 2 is 1.47 bits per heavy atom. The molecule has 0 bridgehead atoms. The summed E-state index contributed by atoms with van der Waals surface area (Å²) in [7, 11) is -2.36. The van der Waals surface area contributed by atoms with Gasteiger partial charge in [-0.3, -0.25) is 4.79 Å². The molecule has 1 atom stereocenters. The number of esters is 1. The van der Waals surface area contributed by atoms with Gasteiger partial charge in [-0.15, -0.1) is 0 Å². The van der Waals surface area contributed by atoms with E-state index in [1.165, 1.54) is 0 Å². The van der Waals surface area contributed by atoms with Crippen LogP contribution < -0.4 is 9.47 Å². The molecule has 34 heavy (non-hydrogen) atoms. The van der Waals surface area contributed by atoms with Crippen LogP contribution in [0.2, 0.25) is 51.4 Å². The summed E-state index contributed by atoms with van der Waals surface area (Å²) >= 11 is 0. The van der Waals surface area contributed by atoms with Gasteiger partial charge in [0.2, 0.25) is 0 Å². The molecular formula is C25H43NO6Si2. The average Bonchev–Trinajstić information content (AvgIpc) is 2.73. The van der Waals surface area contributed by atoms with Crippen LogP contribution in [0.4, 0.5) is 0 Å². The summed E-state index contributed by atoms with van der Waals surface area (Å²) < 4.78 is 28.1. The summed E-state index contributed by atoms with van der Waals surface area (Å²) in [6.07, 6.45) is 0.197. The van der Waals surface area contributed by atoms with Crippen molar-refractivity contribution in [1.29, 1.82) is 5.26 Å². The van der Waals surface area contributed by atoms with E-state index in [0.717, 1.165) is 17.7 Å². The third-order valence-corrected chi connectivity index (χ3v) is 8.54. The normalized spacial score (nSPS) is 13.6. The number of hydrogen-bond acceptors (Lipinski definition) is 7. The zero-order valence-electron chi connectivity index (χ0n) is 22.3. The second-order valence-electron chi connectivity index (χ2n) is 11.1. The third kappa shape index (κ3) is 12.0. The smallest absolute Gasteiger partial charge is 0.326 e. The van der Waals surface area contributed by atoms with E-state index in [9.17, 15) is 10.1 Å². The van der Waals surface area contributed by atoms with E-state index in [2.05, 4.69) is 45.4 Å². The van der Waals surface area contributed by atoms with Crippen LogP contribution in [-0.2, 0) is 25.4 Å². The molecule has 1 unspecified atom stereocenters. The van der Waals surface area contributed by atoms with Crippen molar-refractivity contribution in [2.75, 3.05) is 33.4 Å². The molecule has 0 N–H and O–H groups in total. The molecule has 192 valence electrons. The van der Waals surface area contributed by atoms with Gasteiger partial charge in [-0.05, 0) is 43.6 Å². The van der Waals surface area contributed by atoms with E-state index in [0.29, 0.717) is 24.7 Å². The Labute approximate surface area is 207 Å². The summed E-state index contributed by atoms with van der Waals surface area (Å²) in [5, 5.41) is 9.62. The molecule has 7 nitrogen and oxygen atoms in total. The van der Waals surface area contributed by atoms with Crippen molar-refractivity contribution in [1.82, 2.24) is 0 Å². The molecule has 1 aromatic carbocycles. The Morgan fingerprint density at radius 1 is 0.941 bits per heavy atom. The minimum atomic E-state index is -1.29. The fourth-order valence-corrected chi connectivity index (χ4v) is 4.35. The zero-order chi connectivity index (χ0) is 25.8.